The molecule has 2 aromatic rings. The number of carbonyl (C=O) groups is 1. The third-order valence-corrected chi connectivity index (χ3v) is 5.42. The van der Waals surface area contributed by atoms with Crippen LogP contribution in [0.3, 0.4) is 0 Å². The van der Waals surface area contributed by atoms with E-state index in [1.54, 1.807) is 42.5 Å². The van der Waals surface area contributed by atoms with Gasteiger partial charge in [-0.2, -0.15) is 4.72 Å². The van der Waals surface area contributed by atoms with Crippen LogP contribution in [-0.2, 0) is 20.6 Å². The van der Waals surface area contributed by atoms with Gasteiger partial charge < -0.3 is 10.1 Å². The number of benzene rings is 2. The number of carbonyl (C=O) groups excluding carboxylic acids is 1. The molecule has 0 aliphatic heterocycles. The van der Waals surface area contributed by atoms with Crippen molar-refractivity contribution in [1.82, 2.24) is 4.72 Å². The van der Waals surface area contributed by atoms with Crippen LogP contribution in [0.4, 0.5) is 5.69 Å². The second kappa shape index (κ2) is 8.07. The SMILES string of the molecule is COc1ccc(NC(=O)C(C)(C)NS(=O)(=O)Cc2ccccc2)cc1Cl. The molecule has 0 aliphatic rings. The summed E-state index contributed by atoms with van der Waals surface area (Å²) in [6, 6.07) is 13.5. The average molecular weight is 397 g/mol. The standard InChI is InChI=1S/C18H21ClN2O4S/c1-18(2,21-26(23,24)12-13-7-5-4-6-8-13)17(22)20-14-9-10-16(25-3)15(19)11-14/h4-11,21H,12H2,1-3H3,(H,20,22). The van der Waals surface area contributed by atoms with E-state index in [9.17, 15) is 13.2 Å². The Kier molecular flexibility index (Phi) is 6.28. The number of nitrogens with one attached hydrogen (secondary N) is 2. The van der Waals surface area contributed by atoms with Crippen LogP contribution in [0.2, 0.25) is 5.02 Å². The lowest BCUT2D eigenvalue weighted by Gasteiger charge is -2.25. The van der Waals surface area contributed by atoms with Gasteiger partial charge in [-0.1, -0.05) is 41.9 Å². The van der Waals surface area contributed by atoms with Crippen LogP contribution >= 0.6 is 11.6 Å². The van der Waals surface area contributed by atoms with Crippen molar-refractivity contribution in [3.8, 4) is 5.75 Å². The van der Waals surface area contributed by atoms with Crippen LogP contribution in [0, 0.1) is 0 Å². The molecule has 1 amide bonds. The number of methoxy groups -OCH3 is 1. The zero-order valence-electron chi connectivity index (χ0n) is 14.7. The van der Waals surface area contributed by atoms with Crippen LogP contribution < -0.4 is 14.8 Å². The van der Waals surface area contributed by atoms with Gasteiger partial charge in [0.05, 0.1) is 17.9 Å². The summed E-state index contributed by atoms with van der Waals surface area (Å²) in [4.78, 5) is 12.5. The van der Waals surface area contributed by atoms with Crippen molar-refractivity contribution >= 4 is 33.2 Å². The van der Waals surface area contributed by atoms with Crippen LogP contribution in [-0.4, -0.2) is 27.0 Å². The summed E-state index contributed by atoms with van der Waals surface area (Å²) in [5.41, 5.74) is -0.269. The zero-order valence-corrected chi connectivity index (χ0v) is 16.3. The van der Waals surface area contributed by atoms with Crippen LogP contribution in [0.1, 0.15) is 19.4 Å². The average Bonchev–Trinajstić information content (AvgIpc) is 2.54. The topological polar surface area (TPSA) is 84.5 Å². The van der Waals surface area contributed by atoms with Crippen LogP contribution in [0.15, 0.2) is 48.5 Å². The summed E-state index contributed by atoms with van der Waals surface area (Å²) in [5.74, 6) is -0.235. The number of halogens is 1. The summed E-state index contributed by atoms with van der Waals surface area (Å²) in [6.07, 6.45) is 0. The molecule has 0 atom stereocenters. The van der Waals surface area contributed by atoms with E-state index in [1.807, 2.05) is 0 Å². The third-order valence-electron chi connectivity index (χ3n) is 3.59. The number of amides is 1. The van der Waals surface area contributed by atoms with Gasteiger partial charge in [0.25, 0.3) is 0 Å². The molecule has 8 heteroatoms. The highest BCUT2D eigenvalue weighted by Crippen LogP contribution is 2.27. The summed E-state index contributed by atoms with van der Waals surface area (Å²) in [5, 5.41) is 3.00. The fraction of sp³-hybridized carbons (Fsp3) is 0.278. The minimum Gasteiger partial charge on any atom is -0.495 e. The second-order valence-corrected chi connectivity index (χ2v) is 8.40. The van der Waals surface area contributed by atoms with Gasteiger partial charge in [0.1, 0.15) is 11.3 Å². The molecule has 0 aromatic heterocycles. The van der Waals surface area contributed by atoms with E-state index in [4.69, 9.17) is 16.3 Å². The molecule has 0 fully saturated rings. The smallest absolute Gasteiger partial charge is 0.245 e. The lowest BCUT2D eigenvalue weighted by atomic mass is 10.1. The van der Waals surface area contributed by atoms with Crippen molar-refractivity contribution in [3.63, 3.8) is 0 Å². The largest absolute Gasteiger partial charge is 0.495 e. The molecule has 6 nitrogen and oxygen atoms in total. The van der Waals surface area contributed by atoms with Gasteiger partial charge in [-0.15, -0.1) is 0 Å². The van der Waals surface area contributed by atoms with Gasteiger partial charge in [0, 0.05) is 5.69 Å². The predicted octanol–water partition coefficient (Wildman–Crippen LogP) is 3.19. The van der Waals surface area contributed by atoms with Crippen molar-refractivity contribution in [1.29, 1.82) is 0 Å². The van der Waals surface area contributed by atoms with E-state index < -0.39 is 21.5 Å². The maximum atomic E-state index is 12.5. The molecule has 0 spiro atoms. The maximum absolute atomic E-state index is 12.5. The normalized spacial score (nSPS) is 11.8. The first-order valence-corrected chi connectivity index (χ1v) is 9.86. The Hall–Kier alpha value is -2.09. The van der Waals surface area contributed by atoms with Gasteiger partial charge >= 0.3 is 0 Å². The molecule has 2 N–H and O–H groups in total. The lowest BCUT2D eigenvalue weighted by molar-refractivity contribution is -0.120. The summed E-state index contributed by atoms with van der Waals surface area (Å²) in [7, 11) is -2.22. The fourth-order valence-corrected chi connectivity index (χ4v) is 4.13. The molecule has 0 saturated carbocycles. The predicted molar refractivity (Wildman–Crippen MR) is 103 cm³/mol. The lowest BCUT2D eigenvalue weighted by Crippen LogP contribution is -2.52. The summed E-state index contributed by atoms with van der Waals surface area (Å²) < 4.78 is 32.3. The molecule has 2 rings (SSSR count). The van der Waals surface area contributed by atoms with E-state index >= 15 is 0 Å². The molecule has 26 heavy (non-hydrogen) atoms. The molecule has 0 bridgehead atoms. The van der Waals surface area contributed by atoms with Crippen molar-refractivity contribution in [2.45, 2.75) is 25.1 Å². The number of ether oxygens (including phenoxy) is 1. The Bertz CT molecular complexity index is 883. The highest BCUT2D eigenvalue weighted by molar-refractivity contribution is 7.88. The van der Waals surface area contributed by atoms with Crippen molar-refractivity contribution in [2.75, 3.05) is 12.4 Å². The zero-order chi connectivity index (χ0) is 19.4. The molecule has 0 saturated heterocycles. The fourth-order valence-electron chi connectivity index (χ4n) is 2.30. The Morgan fingerprint density at radius 2 is 1.81 bits per heavy atom. The van der Waals surface area contributed by atoms with Crippen molar-refractivity contribution in [2.24, 2.45) is 0 Å². The number of anilines is 1. The first-order valence-electron chi connectivity index (χ1n) is 7.83. The van der Waals surface area contributed by atoms with Gasteiger partial charge in [-0.3, -0.25) is 4.79 Å². The first kappa shape index (κ1) is 20.2. The number of rotatable bonds is 7. The number of sulfonamides is 1. The first-order chi connectivity index (χ1) is 12.1. The molecule has 140 valence electrons. The van der Waals surface area contributed by atoms with E-state index in [-0.39, 0.29) is 5.75 Å². The highest BCUT2D eigenvalue weighted by atomic mass is 35.5. The van der Waals surface area contributed by atoms with Crippen LogP contribution in [0.25, 0.3) is 0 Å². The minimum absolute atomic E-state index is 0.209. The number of hydrogen-bond donors (Lipinski definition) is 2. The number of hydrogen-bond acceptors (Lipinski definition) is 4. The Morgan fingerprint density at radius 3 is 2.38 bits per heavy atom. The van der Waals surface area contributed by atoms with Crippen molar-refractivity contribution < 1.29 is 17.9 Å². The van der Waals surface area contributed by atoms with Crippen molar-refractivity contribution in [3.05, 3.63) is 59.1 Å². The van der Waals surface area contributed by atoms with Gasteiger partial charge in [-0.25, -0.2) is 8.42 Å². The van der Waals surface area contributed by atoms with Crippen LogP contribution in [0.5, 0.6) is 5.75 Å². The second-order valence-electron chi connectivity index (χ2n) is 6.28. The van der Waals surface area contributed by atoms with E-state index in [2.05, 4.69) is 10.0 Å². The van der Waals surface area contributed by atoms with Gasteiger partial charge in [0.2, 0.25) is 15.9 Å². The van der Waals surface area contributed by atoms with Gasteiger partial charge in [-0.05, 0) is 37.6 Å². The minimum atomic E-state index is -3.71. The molecular weight excluding hydrogens is 376 g/mol. The molecule has 0 aliphatic carbocycles. The third kappa shape index (κ3) is 5.45. The summed E-state index contributed by atoms with van der Waals surface area (Å²) in [6.45, 7) is 2.99. The Labute approximate surface area is 158 Å². The quantitative estimate of drug-likeness (QED) is 0.752. The molecule has 0 radical (unpaired) electrons. The maximum Gasteiger partial charge on any atom is 0.245 e. The highest BCUT2D eigenvalue weighted by Gasteiger charge is 2.32. The molecular formula is C18H21ClN2O4S. The monoisotopic (exact) mass is 396 g/mol. The Balaban J connectivity index is 2.08. The van der Waals surface area contributed by atoms with E-state index in [0.29, 0.717) is 22.0 Å². The van der Waals surface area contributed by atoms with E-state index in [1.165, 1.54) is 27.0 Å². The molecule has 2 aromatic carbocycles. The molecule has 0 heterocycles. The molecule has 0 unspecified atom stereocenters. The Morgan fingerprint density at radius 1 is 1.15 bits per heavy atom. The van der Waals surface area contributed by atoms with Gasteiger partial charge in [0.15, 0.2) is 0 Å². The van der Waals surface area contributed by atoms with E-state index in [0.717, 1.165) is 0 Å². The summed E-state index contributed by atoms with van der Waals surface area (Å²) >= 11 is 6.04.